The first-order valence-corrected chi connectivity index (χ1v) is 10.2. The Labute approximate surface area is 181 Å². The van der Waals surface area contributed by atoms with Gasteiger partial charge in [-0.1, -0.05) is 18.2 Å². The van der Waals surface area contributed by atoms with Gasteiger partial charge in [0, 0.05) is 16.8 Å². The van der Waals surface area contributed by atoms with Gasteiger partial charge in [-0.25, -0.2) is 4.98 Å². The lowest BCUT2D eigenvalue weighted by molar-refractivity contribution is 0.102. The molecule has 0 radical (unpaired) electrons. The molecular formula is C26H24N2O3. The second-order valence-electron chi connectivity index (χ2n) is 7.36. The van der Waals surface area contributed by atoms with Crippen molar-refractivity contribution in [2.45, 2.75) is 20.8 Å². The van der Waals surface area contributed by atoms with E-state index in [0.717, 1.165) is 28.1 Å². The molecule has 3 aromatic carbocycles. The van der Waals surface area contributed by atoms with Crippen LogP contribution in [-0.2, 0) is 0 Å². The summed E-state index contributed by atoms with van der Waals surface area (Å²) in [6, 6.07) is 20.9. The Morgan fingerprint density at radius 1 is 1.00 bits per heavy atom. The number of amides is 1. The highest BCUT2D eigenvalue weighted by Crippen LogP contribution is 2.29. The predicted molar refractivity (Wildman–Crippen MR) is 122 cm³/mol. The Morgan fingerprint density at radius 3 is 2.42 bits per heavy atom. The second kappa shape index (κ2) is 8.88. The topological polar surface area (TPSA) is 64.4 Å². The van der Waals surface area contributed by atoms with Crippen molar-refractivity contribution in [1.29, 1.82) is 0 Å². The van der Waals surface area contributed by atoms with Crippen LogP contribution in [0.25, 0.3) is 22.8 Å². The summed E-state index contributed by atoms with van der Waals surface area (Å²) in [6.07, 6.45) is 1.67. The van der Waals surface area contributed by atoms with Crippen LogP contribution in [0.2, 0.25) is 0 Å². The van der Waals surface area contributed by atoms with Gasteiger partial charge in [-0.15, -0.1) is 0 Å². The first-order valence-electron chi connectivity index (χ1n) is 10.2. The van der Waals surface area contributed by atoms with E-state index in [2.05, 4.69) is 16.4 Å². The fourth-order valence-electron chi connectivity index (χ4n) is 3.53. The number of aryl methyl sites for hydroxylation is 2. The Morgan fingerprint density at radius 2 is 1.71 bits per heavy atom. The molecule has 0 spiro atoms. The number of nitrogens with zero attached hydrogens (tertiary/aromatic N) is 1. The molecule has 1 amide bonds. The zero-order valence-corrected chi connectivity index (χ0v) is 17.8. The Balaban J connectivity index is 1.60. The smallest absolute Gasteiger partial charge is 0.256 e. The molecule has 1 N–H and O–H groups in total. The van der Waals surface area contributed by atoms with Crippen molar-refractivity contribution in [2.24, 2.45) is 0 Å². The van der Waals surface area contributed by atoms with Gasteiger partial charge >= 0.3 is 0 Å². The standard InChI is InChI=1S/C26H24N2O3/c1-4-30-21-11-9-19(10-12-21)24-16-27-26(31-24)23-8-6-5-7-22(23)25(29)28-20-14-17(2)13-18(3)15-20/h5-16H,4H2,1-3H3,(H,28,29). The summed E-state index contributed by atoms with van der Waals surface area (Å²) in [6.45, 7) is 6.58. The Bertz CT molecular complexity index is 1190. The molecule has 31 heavy (non-hydrogen) atoms. The zero-order valence-electron chi connectivity index (χ0n) is 17.8. The molecule has 4 aromatic rings. The summed E-state index contributed by atoms with van der Waals surface area (Å²) in [4.78, 5) is 17.4. The molecule has 0 aliphatic heterocycles. The van der Waals surface area contributed by atoms with Gasteiger partial charge < -0.3 is 14.5 Å². The lowest BCUT2D eigenvalue weighted by atomic mass is 10.1. The van der Waals surface area contributed by atoms with Crippen molar-refractivity contribution in [3.05, 3.63) is 89.6 Å². The molecule has 5 heteroatoms. The van der Waals surface area contributed by atoms with E-state index in [1.807, 2.05) is 75.4 Å². The first kappa shape index (κ1) is 20.4. The number of hydrogen-bond acceptors (Lipinski definition) is 4. The van der Waals surface area contributed by atoms with Crippen molar-refractivity contribution in [2.75, 3.05) is 11.9 Å². The van der Waals surface area contributed by atoms with E-state index in [9.17, 15) is 4.79 Å². The number of carbonyl (C=O) groups is 1. The molecule has 156 valence electrons. The second-order valence-corrected chi connectivity index (χ2v) is 7.36. The average molecular weight is 412 g/mol. The first-order chi connectivity index (χ1) is 15.0. The highest BCUT2D eigenvalue weighted by Gasteiger charge is 2.17. The molecule has 0 aliphatic rings. The average Bonchev–Trinajstić information content (AvgIpc) is 3.24. The maximum absolute atomic E-state index is 13.0. The number of nitrogens with one attached hydrogen (secondary N) is 1. The van der Waals surface area contributed by atoms with Gasteiger partial charge in [-0.2, -0.15) is 0 Å². The summed E-state index contributed by atoms with van der Waals surface area (Å²) in [5, 5.41) is 2.98. The van der Waals surface area contributed by atoms with Crippen LogP contribution in [0, 0.1) is 13.8 Å². The van der Waals surface area contributed by atoms with Crippen molar-refractivity contribution in [3.63, 3.8) is 0 Å². The van der Waals surface area contributed by atoms with Gasteiger partial charge in [0.1, 0.15) is 5.75 Å². The number of aromatic nitrogens is 1. The van der Waals surface area contributed by atoms with E-state index in [-0.39, 0.29) is 5.91 Å². The lowest BCUT2D eigenvalue weighted by Gasteiger charge is -2.10. The van der Waals surface area contributed by atoms with E-state index in [1.54, 1.807) is 12.3 Å². The fourth-order valence-corrected chi connectivity index (χ4v) is 3.53. The lowest BCUT2D eigenvalue weighted by Crippen LogP contribution is -2.13. The van der Waals surface area contributed by atoms with Crippen LogP contribution >= 0.6 is 0 Å². The molecule has 0 saturated carbocycles. The van der Waals surface area contributed by atoms with Gasteiger partial charge in [-0.05, 0) is 80.4 Å². The summed E-state index contributed by atoms with van der Waals surface area (Å²) in [5.41, 5.74) is 4.98. The molecular weight excluding hydrogens is 388 g/mol. The Kier molecular flexibility index (Phi) is 5.85. The number of anilines is 1. The third-order valence-electron chi connectivity index (χ3n) is 4.84. The highest BCUT2D eigenvalue weighted by molar-refractivity contribution is 6.08. The van der Waals surface area contributed by atoms with Crippen LogP contribution in [0.1, 0.15) is 28.4 Å². The van der Waals surface area contributed by atoms with Crippen LogP contribution in [0.3, 0.4) is 0 Å². The minimum absolute atomic E-state index is 0.207. The van der Waals surface area contributed by atoms with Crippen LogP contribution in [0.15, 0.2) is 77.3 Å². The largest absolute Gasteiger partial charge is 0.494 e. The van der Waals surface area contributed by atoms with Crippen molar-refractivity contribution < 1.29 is 13.9 Å². The zero-order chi connectivity index (χ0) is 21.8. The molecule has 5 nitrogen and oxygen atoms in total. The van der Waals surface area contributed by atoms with Crippen LogP contribution < -0.4 is 10.1 Å². The summed E-state index contributed by atoms with van der Waals surface area (Å²) in [5.74, 6) is 1.62. The number of rotatable bonds is 6. The van der Waals surface area contributed by atoms with E-state index in [0.29, 0.717) is 29.4 Å². The summed E-state index contributed by atoms with van der Waals surface area (Å²) in [7, 11) is 0. The van der Waals surface area contributed by atoms with Gasteiger partial charge in [0.2, 0.25) is 5.89 Å². The third kappa shape index (κ3) is 4.67. The summed E-state index contributed by atoms with van der Waals surface area (Å²) >= 11 is 0. The third-order valence-corrected chi connectivity index (χ3v) is 4.84. The summed E-state index contributed by atoms with van der Waals surface area (Å²) < 4.78 is 11.5. The molecule has 0 saturated heterocycles. The highest BCUT2D eigenvalue weighted by atomic mass is 16.5. The number of oxazole rings is 1. The maximum atomic E-state index is 13.0. The van der Waals surface area contributed by atoms with Crippen molar-refractivity contribution in [3.8, 4) is 28.5 Å². The quantitative estimate of drug-likeness (QED) is 0.405. The van der Waals surface area contributed by atoms with Crippen molar-refractivity contribution in [1.82, 2.24) is 4.98 Å². The van der Waals surface area contributed by atoms with Crippen LogP contribution in [0.5, 0.6) is 5.75 Å². The molecule has 1 aromatic heterocycles. The van der Waals surface area contributed by atoms with E-state index >= 15 is 0 Å². The number of carbonyl (C=O) groups excluding carboxylic acids is 1. The molecule has 1 heterocycles. The van der Waals surface area contributed by atoms with E-state index < -0.39 is 0 Å². The van der Waals surface area contributed by atoms with E-state index in [1.165, 1.54) is 0 Å². The number of hydrogen-bond donors (Lipinski definition) is 1. The number of benzene rings is 3. The van der Waals surface area contributed by atoms with Crippen molar-refractivity contribution >= 4 is 11.6 Å². The van der Waals surface area contributed by atoms with Gasteiger partial charge in [-0.3, -0.25) is 4.79 Å². The van der Waals surface area contributed by atoms with Crippen LogP contribution in [0.4, 0.5) is 5.69 Å². The molecule has 4 rings (SSSR count). The van der Waals surface area contributed by atoms with Gasteiger partial charge in [0.05, 0.1) is 18.4 Å². The fraction of sp³-hybridized carbons (Fsp3) is 0.154. The minimum Gasteiger partial charge on any atom is -0.494 e. The molecule has 0 fully saturated rings. The predicted octanol–water partition coefficient (Wildman–Crippen LogP) is 6.28. The van der Waals surface area contributed by atoms with Gasteiger partial charge in [0.15, 0.2) is 5.76 Å². The monoisotopic (exact) mass is 412 g/mol. The minimum atomic E-state index is -0.207. The molecule has 0 bridgehead atoms. The maximum Gasteiger partial charge on any atom is 0.256 e. The Hall–Kier alpha value is -3.86. The molecule has 0 aliphatic carbocycles. The molecule has 0 atom stereocenters. The van der Waals surface area contributed by atoms with Crippen LogP contribution in [-0.4, -0.2) is 17.5 Å². The SMILES string of the molecule is CCOc1ccc(-c2cnc(-c3ccccc3C(=O)Nc3cc(C)cc(C)c3)o2)cc1. The number of ether oxygens (including phenoxy) is 1. The van der Waals surface area contributed by atoms with Gasteiger partial charge in [0.25, 0.3) is 5.91 Å². The normalized spacial score (nSPS) is 10.7. The molecule has 0 unspecified atom stereocenters. The van der Waals surface area contributed by atoms with E-state index in [4.69, 9.17) is 9.15 Å².